The van der Waals surface area contributed by atoms with E-state index in [1.165, 1.54) is 24.8 Å². The van der Waals surface area contributed by atoms with Crippen molar-refractivity contribution in [2.75, 3.05) is 33.4 Å². The van der Waals surface area contributed by atoms with Crippen molar-refractivity contribution in [3.63, 3.8) is 0 Å². The van der Waals surface area contributed by atoms with E-state index in [2.05, 4.69) is 22.3 Å². The number of amides is 2. The minimum Gasteiger partial charge on any atom is -0.377 e. The molecule has 0 bridgehead atoms. The Hall–Kier alpha value is -2.29. The van der Waals surface area contributed by atoms with Crippen molar-refractivity contribution < 1.29 is 23.9 Å². The summed E-state index contributed by atoms with van der Waals surface area (Å²) >= 11 is 0. The van der Waals surface area contributed by atoms with Crippen LogP contribution in [0.25, 0.3) is 0 Å². The van der Waals surface area contributed by atoms with Crippen LogP contribution in [0.3, 0.4) is 0 Å². The van der Waals surface area contributed by atoms with Gasteiger partial charge in [-0.3, -0.25) is 14.4 Å². The van der Waals surface area contributed by atoms with Crippen molar-refractivity contribution in [2.45, 2.75) is 88.6 Å². The maximum atomic E-state index is 13.7. The van der Waals surface area contributed by atoms with Crippen molar-refractivity contribution in [3.05, 3.63) is 35.4 Å². The third kappa shape index (κ3) is 5.20. The number of nitrogens with zero attached hydrogens (tertiary/aromatic N) is 2. The number of hydrogen-bond acceptors (Lipinski definition) is 6. The number of ketones is 1. The van der Waals surface area contributed by atoms with Crippen LogP contribution in [-0.2, 0) is 19.1 Å². The third-order valence-corrected chi connectivity index (χ3v) is 9.25. The first-order chi connectivity index (χ1) is 17.9. The minimum atomic E-state index is -0.724. The van der Waals surface area contributed by atoms with Gasteiger partial charge in [-0.1, -0.05) is 38.8 Å². The Morgan fingerprint density at radius 1 is 1.14 bits per heavy atom. The molecule has 1 aromatic rings. The van der Waals surface area contributed by atoms with Crippen LogP contribution in [0.15, 0.2) is 24.3 Å². The van der Waals surface area contributed by atoms with E-state index >= 15 is 0 Å². The summed E-state index contributed by atoms with van der Waals surface area (Å²) in [6, 6.07) is 7.33. The van der Waals surface area contributed by atoms with Gasteiger partial charge in [-0.05, 0) is 68.3 Å². The van der Waals surface area contributed by atoms with Gasteiger partial charge in [0.2, 0.25) is 5.91 Å². The van der Waals surface area contributed by atoms with Gasteiger partial charge < -0.3 is 24.6 Å². The van der Waals surface area contributed by atoms with Crippen LogP contribution < -0.4 is 5.32 Å². The van der Waals surface area contributed by atoms with Gasteiger partial charge in [0.15, 0.2) is 5.78 Å². The van der Waals surface area contributed by atoms with Gasteiger partial charge >= 0.3 is 0 Å². The van der Waals surface area contributed by atoms with Crippen LogP contribution in [0.1, 0.15) is 74.2 Å². The summed E-state index contributed by atoms with van der Waals surface area (Å²) in [5.74, 6) is -0.176. The minimum absolute atomic E-state index is 0.00865. The summed E-state index contributed by atoms with van der Waals surface area (Å²) in [6.07, 6.45) is 6.33. The zero-order valence-corrected chi connectivity index (χ0v) is 22.4. The smallest absolute Gasteiger partial charge is 0.251 e. The van der Waals surface area contributed by atoms with Crippen LogP contribution in [0, 0.1) is 5.92 Å². The molecule has 1 N–H and O–H groups in total. The Balaban J connectivity index is 1.23. The number of benzene rings is 1. The lowest BCUT2D eigenvalue weighted by atomic mass is 9.85. The lowest BCUT2D eigenvalue weighted by Crippen LogP contribution is -2.54. The highest BCUT2D eigenvalue weighted by molar-refractivity contribution is 5.99. The summed E-state index contributed by atoms with van der Waals surface area (Å²) in [6.45, 7) is 6.55. The molecular weight excluding hydrogens is 470 g/mol. The Morgan fingerprint density at radius 2 is 1.84 bits per heavy atom. The maximum Gasteiger partial charge on any atom is 0.251 e. The summed E-state index contributed by atoms with van der Waals surface area (Å²) < 4.78 is 11.1. The molecule has 1 aliphatic carbocycles. The van der Waals surface area contributed by atoms with Crippen LogP contribution in [0.5, 0.6) is 0 Å². The molecule has 0 spiro atoms. The molecule has 0 unspecified atom stereocenters. The van der Waals surface area contributed by atoms with Crippen LogP contribution in [0.4, 0.5) is 0 Å². The average Bonchev–Trinajstić information content (AvgIpc) is 3.46. The molecule has 4 fully saturated rings. The van der Waals surface area contributed by atoms with E-state index in [4.69, 9.17) is 9.47 Å². The molecule has 3 heterocycles. The van der Waals surface area contributed by atoms with Gasteiger partial charge in [0, 0.05) is 18.7 Å². The monoisotopic (exact) mass is 511 g/mol. The van der Waals surface area contributed by atoms with Crippen molar-refractivity contribution >= 4 is 17.6 Å². The standard InChI is InChI=1S/C29H41N3O5/c1-4-18(2)25(29(35)32-16-24(36-3)27-26(32)23(33)17-37-27)30-28(34)21-10-8-19(9-11-21)20-12-14-31(15-13-20)22-6-5-7-22/h8-11,18,20,22,24-27H,4-7,12-17H2,1-3H3,(H,30,34)/t18-,24+,25-,26+,27+/m0/s1. The first-order valence-corrected chi connectivity index (χ1v) is 14.0. The number of likely N-dealkylation sites (tertiary alicyclic amines) is 2. The molecule has 37 heavy (non-hydrogen) atoms. The molecule has 4 aliphatic rings. The van der Waals surface area contributed by atoms with Gasteiger partial charge in [0.05, 0.1) is 6.54 Å². The lowest BCUT2D eigenvalue weighted by Gasteiger charge is -2.42. The van der Waals surface area contributed by atoms with Gasteiger partial charge in [0.1, 0.15) is 30.9 Å². The third-order valence-electron chi connectivity index (χ3n) is 9.25. The molecule has 1 aromatic carbocycles. The molecule has 0 radical (unpaired) electrons. The number of ether oxygens (including phenoxy) is 2. The number of rotatable bonds is 8. The quantitative estimate of drug-likeness (QED) is 0.578. The average molecular weight is 512 g/mol. The topological polar surface area (TPSA) is 88.2 Å². The Morgan fingerprint density at radius 3 is 2.43 bits per heavy atom. The normalized spacial score (nSPS) is 28.6. The fraction of sp³-hybridized carbons (Fsp3) is 0.690. The predicted octanol–water partition coefficient (Wildman–Crippen LogP) is 2.76. The Bertz CT molecular complexity index is 986. The number of fused-ring (bicyclic) bond motifs is 1. The van der Waals surface area contributed by atoms with E-state index in [1.807, 2.05) is 26.0 Å². The lowest BCUT2D eigenvalue weighted by molar-refractivity contribution is -0.139. The first-order valence-electron chi connectivity index (χ1n) is 14.0. The van der Waals surface area contributed by atoms with E-state index in [-0.39, 0.29) is 42.8 Å². The summed E-state index contributed by atoms with van der Waals surface area (Å²) in [5.41, 5.74) is 1.83. The zero-order chi connectivity index (χ0) is 26.1. The van der Waals surface area contributed by atoms with Crippen molar-refractivity contribution in [3.8, 4) is 0 Å². The molecule has 8 nitrogen and oxygen atoms in total. The molecule has 1 saturated carbocycles. The Labute approximate surface area is 220 Å². The van der Waals surface area contributed by atoms with E-state index in [0.29, 0.717) is 11.5 Å². The van der Waals surface area contributed by atoms with Gasteiger partial charge in [-0.15, -0.1) is 0 Å². The Kier molecular flexibility index (Phi) is 7.98. The summed E-state index contributed by atoms with van der Waals surface area (Å²) in [4.78, 5) is 43.6. The number of methoxy groups -OCH3 is 1. The molecule has 3 aliphatic heterocycles. The molecule has 5 rings (SSSR count). The molecule has 2 amide bonds. The number of nitrogens with one attached hydrogen (secondary N) is 1. The van der Waals surface area contributed by atoms with Crippen molar-refractivity contribution in [1.29, 1.82) is 0 Å². The summed E-state index contributed by atoms with van der Waals surface area (Å²) in [5, 5.41) is 2.99. The second-order valence-corrected chi connectivity index (χ2v) is 11.3. The number of carbonyl (C=O) groups is 3. The highest BCUT2D eigenvalue weighted by Crippen LogP contribution is 2.34. The van der Waals surface area contributed by atoms with E-state index in [1.54, 1.807) is 12.0 Å². The van der Waals surface area contributed by atoms with Crippen LogP contribution >= 0.6 is 0 Å². The maximum absolute atomic E-state index is 13.7. The fourth-order valence-electron chi connectivity index (χ4n) is 6.39. The number of carbonyl (C=O) groups excluding carboxylic acids is 3. The van der Waals surface area contributed by atoms with Gasteiger partial charge in [-0.2, -0.15) is 0 Å². The van der Waals surface area contributed by atoms with Crippen molar-refractivity contribution in [2.24, 2.45) is 5.92 Å². The second kappa shape index (κ2) is 11.2. The molecule has 202 valence electrons. The predicted molar refractivity (Wildman–Crippen MR) is 139 cm³/mol. The van der Waals surface area contributed by atoms with E-state index < -0.39 is 18.2 Å². The zero-order valence-electron chi connectivity index (χ0n) is 22.4. The summed E-state index contributed by atoms with van der Waals surface area (Å²) in [7, 11) is 1.57. The number of Topliss-reactive ketones (excluding diaryl/α,β-unsaturated/α-hetero) is 1. The van der Waals surface area contributed by atoms with E-state index in [9.17, 15) is 14.4 Å². The molecule has 5 atom stereocenters. The van der Waals surface area contributed by atoms with Gasteiger partial charge in [0.25, 0.3) is 5.91 Å². The van der Waals surface area contributed by atoms with Crippen LogP contribution in [-0.4, -0.2) is 91.1 Å². The largest absolute Gasteiger partial charge is 0.377 e. The highest BCUT2D eigenvalue weighted by atomic mass is 16.5. The molecule has 8 heteroatoms. The van der Waals surface area contributed by atoms with E-state index in [0.717, 1.165) is 38.4 Å². The number of piperidine rings is 1. The van der Waals surface area contributed by atoms with Gasteiger partial charge in [-0.25, -0.2) is 0 Å². The fourth-order valence-corrected chi connectivity index (χ4v) is 6.39. The van der Waals surface area contributed by atoms with Crippen LogP contribution in [0.2, 0.25) is 0 Å². The number of hydrogen-bond donors (Lipinski definition) is 1. The SMILES string of the molecule is CC[C@H](C)[C@H](NC(=O)c1ccc(C2CCN(C3CCC3)CC2)cc1)C(=O)N1C[C@@H](OC)[C@H]2OCC(=O)[C@H]21. The molecular formula is C29H41N3O5. The second-order valence-electron chi connectivity index (χ2n) is 11.3. The molecule has 3 saturated heterocycles. The van der Waals surface area contributed by atoms with Crippen molar-refractivity contribution in [1.82, 2.24) is 15.1 Å². The first kappa shape index (κ1) is 26.3. The highest BCUT2D eigenvalue weighted by Gasteiger charge is 2.53. The molecule has 0 aromatic heterocycles.